The first-order chi connectivity index (χ1) is 21.4. The maximum Gasteiger partial charge on any atom is 0.289 e. The minimum Gasteiger partial charge on any atom is -0.454 e. The molecule has 6 rings (SSSR count). The molecule has 7 heteroatoms. The average Bonchev–Trinajstić information content (AvgIpc) is 3.67. The van der Waals surface area contributed by atoms with Crippen LogP contribution in [0, 0.1) is 12.8 Å². The lowest BCUT2D eigenvalue weighted by Crippen LogP contribution is -2.41. The fourth-order valence-corrected chi connectivity index (χ4v) is 7.08. The van der Waals surface area contributed by atoms with Crippen LogP contribution < -0.4 is 4.90 Å². The molecule has 0 bridgehead atoms. The third-order valence-electron chi connectivity index (χ3n) is 9.55. The van der Waals surface area contributed by atoms with Gasteiger partial charge in [-0.15, -0.1) is 0 Å². The molecule has 0 spiro atoms. The third kappa shape index (κ3) is 6.48. The molecule has 0 unspecified atom stereocenters. The number of fused-ring (bicyclic) bond motifs is 2. The first-order valence-electron chi connectivity index (χ1n) is 16.4. The summed E-state index contributed by atoms with van der Waals surface area (Å²) in [7, 11) is 0. The number of hydrogen-bond donors (Lipinski definition) is 0. The number of amides is 2. The Labute approximate surface area is 261 Å². The van der Waals surface area contributed by atoms with E-state index in [2.05, 4.69) is 71.7 Å². The maximum absolute atomic E-state index is 14.1. The van der Waals surface area contributed by atoms with E-state index in [-0.39, 0.29) is 17.7 Å². The highest BCUT2D eigenvalue weighted by Crippen LogP contribution is 2.33. The standard InChI is InChI=1S/C37H46N4O3/c1-27(2)38-20-10-21-41(36(42)30-13-5-4-6-14-30)35-28(3)11-9-15-31(35)25-40(24-23-38)37(43)34-18-17-32(44-34)26-39-22-19-29-12-7-8-16-33(29)39/h7-9,11-12,15-19,22,27,30H,4-6,10,13-14,20-21,23-26H2,1-3H3. The minimum atomic E-state index is -0.116. The lowest BCUT2D eigenvalue weighted by Gasteiger charge is -2.33. The van der Waals surface area contributed by atoms with E-state index in [0.717, 1.165) is 73.3 Å². The van der Waals surface area contributed by atoms with Crippen molar-refractivity contribution in [2.24, 2.45) is 5.92 Å². The molecule has 1 fully saturated rings. The SMILES string of the molecule is Cc1cccc2c1N(C(=O)C1CCCCC1)CCCN(C(C)C)CCN(C(=O)c1ccc(Cn3ccc4ccccc43)o1)C2. The third-order valence-corrected chi connectivity index (χ3v) is 9.55. The summed E-state index contributed by atoms with van der Waals surface area (Å²) in [5, 5.41) is 1.18. The van der Waals surface area contributed by atoms with E-state index in [1.54, 1.807) is 0 Å². The molecule has 0 N–H and O–H groups in total. The molecule has 232 valence electrons. The number of nitrogens with zero attached hydrogens (tertiary/aromatic N) is 4. The molecule has 2 amide bonds. The molecule has 1 aliphatic carbocycles. The van der Waals surface area contributed by atoms with Crippen LogP contribution in [-0.2, 0) is 17.9 Å². The first-order valence-corrected chi connectivity index (χ1v) is 16.4. The fraction of sp³-hybridized carbons (Fsp3) is 0.459. The van der Waals surface area contributed by atoms with Gasteiger partial charge in [0.1, 0.15) is 5.76 Å². The van der Waals surface area contributed by atoms with Crippen LogP contribution in [0.2, 0.25) is 0 Å². The van der Waals surface area contributed by atoms with E-state index in [1.165, 1.54) is 11.8 Å². The smallest absolute Gasteiger partial charge is 0.289 e. The molecule has 2 aromatic heterocycles. The minimum absolute atomic E-state index is 0.0826. The number of hydrogen-bond acceptors (Lipinski definition) is 4. The van der Waals surface area contributed by atoms with Crippen molar-refractivity contribution < 1.29 is 14.0 Å². The van der Waals surface area contributed by atoms with Gasteiger partial charge in [-0.2, -0.15) is 0 Å². The molecule has 2 aromatic carbocycles. The molecule has 44 heavy (non-hydrogen) atoms. The largest absolute Gasteiger partial charge is 0.454 e. The molecule has 3 heterocycles. The number of furan rings is 1. The van der Waals surface area contributed by atoms with Gasteiger partial charge in [-0.3, -0.25) is 14.5 Å². The summed E-state index contributed by atoms with van der Waals surface area (Å²) in [5.74, 6) is 1.32. The number of anilines is 1. The van der Waals surface area contributed by atoms with Crippen molar-refractivity contribution in [1.29, 1.82) is 0 Å². The molecule has 1 saturated carbocycles. The lowest BCUT2D eigenvalue weighted by molar-refractivity contribution is -0.123. The summed E-state index contributed by atoms with van der Waals surface area (Å²) in [6, 6.07) is 20.7. The van der Waals surface area contributed by atoms with Gasteiger partial charge in [0.15, 0.2) is 5.76 Å². The van der Waals surface area contributed by atoms with Crippen molar-refractivity contribution >= 4 is 28.4 Å². The van der Waals surface area contributed by atoms with E-state index >= 15 is 0 Å². The number of aryl methyl sites for hydroxylation is 1. The number of carbonyl (C=O) groups is 2. The number of para-hydroxylation sites is 2. The van der Waals surface area contributed by atoms with Crippen LogP contribution in [0.1, 0.15) is 79.8 Å². The molecular formula is C37H46N4O3. The van der Waals surface area contributed by atoms with Crippen LogP contribution in [0.25, 0.3) is 10.9 Å². The molecule has 7 nitrogen and oxygen atoms in total. The van der Waals surface area contributed by atoms with Crippen LogP contribution in [0.3, 0.4) is 0 Å². The van der Waals surface area contributed by atoms with Crippen molar-refractivity contribution in [1.82, 2.24) is 14.4 Å². The Balaban J connectivity index is 1.30. The molecule has 0 radical (unpaired) electrons. The van der Waals surface area contributed by atoms with Crippen molar-refractivity contribution in [3.05, 3.63) is 89.5 Å². The molecule has 0 atom stereocenters. The Morgan fingerprint density at radius 2 is 1.68 bits per heavy atom. The van der Waals surface area contributed by atoms with Crippen LogP contribution >= 0.6 is 0 Å². The van der Waals surface area contributed by atoms with Crippen LogP contribution in [0.15, 0.2) is 71.3 Å². The zero-order valence-corrected chi connectivity index (χ0v) is 26.5. The average molecular weight is 595 g/mol. The van der Waals surface area contributed by atoms with Crippen molar-refractivity contribution in [3.8, 4) is 0 Å². The summed E-state index contributed by atoms with van der Waals surface area (Å²) in [5.41, 5.74) is 4.22. The molecule has 0 saturated heterocycles. The number of carbonyl (C=O) groups excluding carboxylic acids is 2. The van der Waals surface area contributed by atoms with Crippen molar-refractivity contribution in [2.45, 2.75) is 78.4 Å². The zero-order chi connectivity index (χ0) is 30.6. The van der Waals surface area contributed by atoms with Gasteiger partial charge in [-0.1, -0.05) is 55.7 Å². The lowest BCUT2D eigenvalue weighted by atomic mass is 9.87. The highest BCUT2D eigenvalue weighted by atomic mass is 16.4. The van der Waals surface area contributed by atoms with Gasteiger partial charge in [0, 0.05) is 56.4 Å². The summed E-state index contributed by atoms with van der Waals surface area (Å²) < 4.78 is 8.35. The second-order valence-corrected chi connectivity index (χ2v) is 12.9. The van der Waals surface area contributed by atoms with Crippen molar-refractivity contribution in [2.75, 3.05) is 31.1 Å². The van der Waals surface area contributed by atoms with Gasteiger partial charge in [-0.25, -0.2) is 0 Å². The van der Waals surface area contributed by atoms with Crippen molar-refractivity contribution in [3.63, 3.8) is 0 Å². The Morgan fingerprint density at radius 3 is 2.50 bits per heavy atom. The van der Waals surface area contributed by atoms with Gasteiger partial charge in [-0.05, 0) is 80.8 Å². The molecule has 2 aliphatic rings. The van der Waals surface area contributed by atoms with Crippen LogP contribution in [-0.4, -0.2) is 58.4 Å². The van der Waals surface area contributed by atoms with Gasteiger partial charge < -0.3 is 18.8 Å². The normalized spacial score (nSPS) is 17.5. The van der Waals surface area contributed by atoms with E-state index in [9.17, 15) is 9.59 Å². The highest BCUT2D eigenvalue weighted by molar-refractivity contribution is 5.97. The Bertz CT molecular complexity index is 1600. The van der Waals surface area contributed by atoms with Gasteiger partial charge >= 0.3 is 0 Å². The van der Waals surface area contributed by atoms with E-state index in [4.69, 9.17) is 4.42 Å². The van der Waals surface area contributed by atoms with Gasteiger partial charge in [0.2, 0.25) is 5.91 Å². The first kappa shape index (κ1) is 30.2. The predicted octanol–water partition coefficient (Wildman–Crippen LogP) is 7.26. The monoisotopic (exact) mass is 594 g/mol. The number of aromatic nitrogens is 1. The molecular weight excluding hydrogens is 548 g/mol. The fourth-order valence-electron chi connectivity index (χ4n) is 7.08. The number of rotatable bonds is 5. The van der Waals surface area contributed by atoms with E-state index in [0.29, 0.717) is 38.0 Å². The summed E-state index contributed by atoms with van der Waals surface area (Å²) in [6.07, 6.45) is 8.37. The summed E-state index contributed by atoms with van der Waals surface area (Å²) in [6.45, 7) is 10.4. The second kappa shape index (κ2) is 13.4. The van der Waals surface area contributed by atoms with E-state index < -0.39 is 0 Å². The zero-order valence-electron chi connectivity index (χ0n) is 26.5. The van der Waals surface area contributed by atoms with Crippen LogP contribution in [0.4, 0.5) is 5.69 Å². The quantitative estimate of drug-likeness (QED) is 0.244. The summed E-state index contributed by atoms with van der Waals surface area (Å²) in [4.78, 5) is 34.6. The summed E-state index contributed by atoms with van der Waals surface area (Å²) >= 11 is 0. The predicted molar refractivity (Wildman–Crippen MR) is 176 cm³/mol. The van der Waals surface area contributed by atoms with Crippen LogP contribution in [0.5, 0.6) is 0 Å². The Kier molecular flexibility index (Phi) is 9.22. The molecule has 4 aromatic rings. The van der Waals surface area contributed by atoms with Gasteiger partial charge in [0.05, 0.1) is 12.2 Å². The van der Waals surface area contributed by atoms with E-state index in [1.807, 2.05) is 35.2 Å². The topological polar surface area (TPSA) is 61.9 Å². The highest BCUT2D eigenvalue weighted by Gasteiger charge is 2.31. The maximum atomic E-state index is 14.1. The second-order valence-electron chi connectivity index (χ2n) is 12.9. The Hall–Kier alpha value is -3.84. The van der Waals surface area contributed by atoms with Gasteiger partial charge in [0.25, 0.3) is 5.91 Å². The number of benzene rings is 2. The Morgan fingerprint density at radius 1 is 0.864 bits per heavy atom. The molecule has 1 aliphatic heterocycles.